The summed E-state index contributed by atoms with van der Waals surface area (Å²) in [6, 6.07) is 17.6. The number of hydrogen-bond donors (Lipinski definition) is 0. The summed E-state index contributed by atoms with van der Waals surface area (Å²) in [6.45, 7) is 7.93. The normalized spacial score (nSPS) is 11.7. The number of unbranched alkanes of at least 4 members (excludes halogenated alkanes) is 2. The minimum Gasteiger partial charge on any atom is -0.334 e. The SMILES string of the molecule is CCCCC/C(=C\c1ccccc1)CN(CC(C)C)C(=O)c1ccc(Cl)cc1. The number of benzene rings is 2. The molecule has 28 heavy (non-hydrogen) atoms. The third kappa shape index (κ3) is 7.52. The van der Waals surface area contributed by atoms with Crippen molar-refractivity contribution in [1.29, 1.82) is 0 Å². The minimum atomic E-state index is 0.0693. The first kappa shape index (κ1) is 22.2. The van der Waals surface area contributed by atoms with E-state index >= 15 is 0 Å². The summed E-state index contributed by atoms with van der Waals surface area (Å²) in [5, 5.41) is 0.649. The van der Waals surface area contributed by atoms with Crippen molar-refractivity contribution in [3.63, 3.8) is 0 Å². The van der Waals surface area contributed by atoms with E-state index in [1.807, 2.05) is 23.1 Å². The molecule has 0 N–H and O–H groups in total. The molecule has 0 aliphatic heterocycles. The van der Waals surface area contributed by atoms with Crippen LogP contribution in [-0.4, -0.2) is 23.9 Å². The zero-order valence-corrected chi connectivity index (χ0v) is 18.1. The topological polar surface area (TPSA) is 20.3 Å². The van der Waals surface area contributed by atoms with Gasteiger partial charge in [-0.2, -0.15) is 0 Å². The van der Waals surface area contributed by atoms with E-state index in [4.69, 9.17) is 11.6 Å². The van der Waals surface area contributed by atoms with Gasteiger partial charge in [0.1, 0.15) is 0 Å². The van der Waals surface area contributed by atoms with Crippen LogP contribution in [0.5, 0.6) is 0 Å². The molecule has 0 radical (unpaired) electrons. The Labute approximate surface area is 175 Å². The highest BCUT2D eigenvalue weighted by Gasteiger charge is 2.18. The smallest absolute Gasteiger partial charge is 0.254 e. The summed E-state index contributed by atoms with van der Waals surface area (Å²) < 4.78 is 0. The van der Waals surface area contributed by atoms with Gasteiger partial charge in [-0.25, -0.2) is 0 Å². The first-order valence-corrected chi connectivity index (χ1v) is 10.7. The molecule has 2 nitrogen and oxygen atoms in total. The number of amides is 1. The van der Waals surface area contributed by atoms with Crippen molar-refractivity contribution >= 4 is 23.6 Å². The van der Waals surface area contributed by atoms with E-state index in [0.717, 1.165) is 19.4 Å². The minimum absolute atomic E-state index is 0.0693. The van der Waals surface area contributed by atoms with Gasteiger partial charge < -0.3 is 4.90 Å². The Morgan fingerprint density at radius 2 is 1.71 bits per heavy atom. The van der Waals surface area contributed by atoms with Crippen molar-refractivity contribution in [3.05, 3.63) is 76.3 Å². The second kappa shape index (κ2) is 11.7. The molecule has 0 saturated carbocycles. The third-order valence-electron chi connectivity index (χ3n) is 4.63. The van der Waals surface area contributed by atoms with Crippen LogP contribution in [0.25, 0.3) is 6.08 Å². The molecule has 0 aliphatic carbocycles. The van der Waals surface area contributed by atoms with Crippen molar-refractivity contribution < 1.29 is 4.79 Å². The average Bonchev–Trinajstić information content (AvgIpc) is 2.68. The van der Waals surface area contributed by atoms with Crippen LogP contribution in [0.1, 0.15) is 62.4 Å². The Balaban J connectivity index is 2.24. The number of rotatable bonds is 10. The Morgan fingerprint density at radius 3 is 2.32 bits per heavy atom. The van der Waals surface area contributed by atoms with Crippen molar-refractivity contribution in [2.75, 3.05) is 13.1 Å². The fraction of sp³-hybridized carbons (Fsp3) is 0.400. The van der Waals surface area contributed by atoms with E-state index in [1.54, 1.807) is 12.1 Å². The highest BCUT2D eigenvalue weighted by Crippen LogP contribution is 2.19. The summed E-state index contributed by atoms with van der Waals surface area (Å²) in [4.78, 5) is 15.1. The van der Waals surface area contributed by atoms with E-state index in [1.165, 1.54) is 24.0 Å². The molecule has 0 unspecified atom stereocenters. The fourth-order valence-corrected chi connectivity index (χ4v) is 3.39. The standard InChI is InChI=1S/C25H32ClNO/c1-4-5-7-12-22(17-21-10-8-6-9-11-21)19-27(18-20(2)3)25(28)23-13-15-24(26)16-14-23/h6,8-11,13-17,20H,4-5,7,12,18-19H2,1-3H3/b22-17+. The van der Waals surface area contributed by atoms with Crippen molar-refractivity contribution in [2.24, 2.45) is 5.92 Å². The molecule has 0 aliphatic rings. The summed E-state index contributed by atoms with van der Waals surface area (Å²) in [6.07, 6.45) is 6.82. The van der Waals surface area contributed by atoms with Crippen molar-refractivity contribution in [2.45, 2.75) is 46.5 Å². The summed E-state index contributed by atoms with van der Waals surface area (Å²) in [5.41, 5.74) is 3.19. The lowest BCUT2D eigenvalue weighted by atomic mass is 10.0. The molecule has 0 fully saturated rings. The number of carbonyl (C=O) groups excluding carboxylic acids is 1. The largest absolute Gasteiger partial charge is 0.334 e. The van der Waals surface area contributed by atoms with Gasteiger partial charge in [-0.15, -0.1) is 0 Å². The molecule has 0 saturated heterocycles. The number of carbonyl (C=O) groups is 1. The fourth-order valence-electron chi connectivity index (χ4n) is 3.26. The Kier molecular flexibility index (Phi) is 9.30. The van der Waals surface area contributed by atoms with E-state index in [0.29, 0.717) is 23.0 Å². The van der Waals surface area contributed by atoms with Gasteiger partial charge in [0.15, 0.2) is 0 Å². The predicted molar refractivity (Wildman–Crippen MR) is 121 cm³/mol. The lowest BCUT2D eigenvalue weighted by Crippen LogP contribution is -2.35. The van der Waals surface area contributed by atoms with Crippen LogP contribution in [0.3, 0.4) is 0 Å². The van der Waals surface area contributed by atoms with Crippen molar-refractivity contribution in [1.82, 2.24) is 4.90 Å². The van der Waals surface area contributed by atoms with Gasteiger partial charge in [0.05, 0.1) is 0 Å². The lowest BCUT2D eigenvalue weighted by Gasteiger charge is -2.26. The zero-order valence-electron chi connectivity index (χ0n) is 17.3. The Morgan fingerprint density at radius 1 is 1.04 bits per heavy atom. The summed E-state index contributed by atoms with van der Waals surface area (Å²) >= 11 is 5.99. The van der Waals surface area contributed by atoms with Crippen molar-refractivity contribution in [3.8, 4) is 0 Å². The second-order valence-electron chi connectivity index (χ2n) is 7.76. The van der Waals surface area contributed by atoms with E-state index in [9.17, 15) is 4.79 Å². The van der Waals surface area contributed by atoms with E-state index in [-0.39, 0.29) is 5.91 Å². The first-order valence-electron chi connectivity index (χ1n) is 10.3. The maximum Gasteiger partial charge on any atom is 0.254 e. The molecule has 2 rings (SSSR count). The lowest BCUT2D eigenvalue weighted by molar-refractivity contribution is 0.0751. The zero-order chi connectivity index (χ0) is 20.4. The van der Waals surface area contributed by atoms with Gasteiger partial charge in [-0.1, -0.05) is 87.2 Å². The first-order chi connectivity index (χ1) is 13.5. The summed E-state index contributed by atoms with van der Waals surface area (Å²) in [5.74, 6) is 0.477. The summed E-state index contributed by atoms with van der Waals surface area (Å²) in [7, 11) is 0. The van der Waals surface area contributed by atoms with Crippen LogP contribution in [0.15, 0.2) is 60.2 Å². The molecule has 150 valence electrons. The Hall–Kier alpha value is -2.06. The molecule has 2 aromatic carbocycles. The number of halogens is 1. The molecule has 0 heterocycles. The van der Waals surface area contributed by atoms with Gasteiger partial charge in [0.2, 0.25) is 0 Å². The molecule has 2 aromatic rings. The van der Waals surface area contributed by atoms with Gasteiger partial charge in [-0.05, 0) is 48.6 Å². The molecule has 0 spiro atoms. The molecular formula is C25H32ClNO. The predicted octanol–water partition coefficient (Wildman–Crippen LogP) is 7.10. The highest BCUT2D eigenvalue weighted by molar-refractivity contribution is 6.30. The van der Waals surface area contributed by atoms with Crippen LogP contribution >= 0.6 is 11.6 Å². The molecule has 0 atom stereocenters. The quantitative estimate of drug-likeness (QED) is 0.391. The molecule has 3 heteroatoms. The van der Waals surface area contributed by atoms with Crippen LogP contribution in [0, 0.1) is 5.92 Å². The van der Waals surface area contributed by atoms with Gasteiger partial charge >= 0.3 is 0 Å². The van der Waals surface area contributed by atoms with Crippen LogP contribution in [0.4, 0.5) is 0 Å². The molecule has 1 amide bonds. The van der Waals surface area contributed by atoms with Gasteiger partial charge in [0.25, 0.3) is 5.91 Å². The maximum absolute atomic E-state index is 13.2. The molecule has 0 bridgehead atoms. The van der Waals surface area contributed by atoms with Crippen LogP contribution in [-0.2, 0) is 0 Å². The molecular weight excluding hydrogens is 366 g/mol. The number of hydrogen-bond acceptors (Lipinski definition) is 1. The average molecular weight is 398 g/mol. The second-order valence-corrected chi connectivity index (χ2v) is 8.19. The van der Waals surface area contributed by atoms with Crippen LogP contribution < -0.4 is 0 Å². The molecule has 0 aromatic heterocycles. The van der Waals surface area contributed by atoms with E-state index < -0.39 is 0 Å². The Bertz CT molecular complexity index is 750. The van der Waals surface area contributed by atoms with Crippen LogP contribution in [0.2, 0.25) is 5.02 Å². The van der Waals surface area contributed by atoms with Gasteiger partial charge in [-0.3, -0.25) is 4.79 Å². The van der Waals surface area contributed by atoms with Gasteiger partial charge in [0, 0.05) is 23.7 Å². The van der Waals surface area contributed by atoms with E-state index in [2.05, 4.69) is 51.1 Å². The highest BCUT2D eigenvalue weighted by atomic mass is 35.5. The number of nitrogens with zero attached hydrogens (tertiary/aromatic N) is 1. The third-order valence-corrected chi connectivity index (χ3v) is 4.88. The monoisotopic (exact) mass is 397 g/mol. The maximum atomic E-state index is 13.2.